The molecule has 0 fully saturated rings. The van der Waals surface area contributed by atoms with E-state index in [1.807, 2.05) is 30.3 Å². The number of halogens is 1. The van der Waals surface area contributed by atoms with Crippen LogP contribution in [0.15, 0.2) is 34.8 Å². The third kappa shape index (κ3) is 2.43. The lowest BCUT2D eigenvalue weighted by Crippen LogP contribution is -2.23. The van der Waals surface area contributed by atoms with Gasteiger partial charge in [0.15, 0.2) is 11.5 Å². The summed E-state index contributed by atoms with van der Waals surface area (Å²) in [4.78, 5) is 12.2. The largest absolute Gasteiger partial charge is 0.496 e. The molecule has 0 unspecified atom stereocenters. The fourth-order valence-corrected chi connectivity index (χ4v) is 3.48. The van der Waals surface area contributed by atoms with Crippen LogP contribution in [0.2, 0.25) is 0 Å². The zero-order valence-electron chi connectivity index (χ0n) is 12.4. The number of hydrogen-bond acceptors (Lipinski definition) is 4. The van der Waals surface area contributed by atoms with Gasteiger partial charge in [-0.25, -0.2) is 0 Å². The van der Waals surface area contributed by atoms with E-state index >= 15 is 0 Å². The van der Waals surface area contributed by atoms with Crippen molar-refractivity contribution >= 4 is 27.5 Å². The van der Waals surface area contributed by atoms with Crippen LogP contribution < -0.4 is 19.5 Å². The van der Waals surface area contributed by atoms with Crippen molar-refractivity contribution in [3.8, 4) is 17.2 Å². The maximum Gasteiger partial charge on any atom is 0.231 e. The lowest BCUT2D eigenvalue weighted by Gasteiger charge is -2.27. The maximum atomic E-state index is 12.2. The first-order valence-corrected chi connectivity index (χ1v) is 8.02. The van der Waals surface area contributed by atoms with E-state index in [1.165, 1.54) is 0 Å². The van der Waals surface area contributed by atoms with E-state index in [9.17, 15) is 4.79 Å². The molecule has 0 aromatic heterocycles. The minimum Gasteiger partial charge on any atom is -0.496 e. The maximum absolute atomic E-state index is 12.2. The summed E-state index contributed by atoms with van der Waals surface area (Å²) in [6, 6.07) is 9.59. The van der Waals surface area contributed by atoms with E-state index in [4.69, 9.17) is 14.2 Å². The summed E-state index contributed by atoms with van der Waals surface area (Å²) in [5.41, 5.74) is 2.74. The molecule has 1 N–H and O–H groups in total. The van der Waals surface area contributed by atoms with Gasteiger partial charge in [-0.05, 0) is 29.8 Å². The molecule has 118 valence electrons. The SMILES string of the molecule is COc1ccc(Br)cc1[C@H]1CC(=O)Nc2cc3c(cc21)OCO3. The first kappa shape index (κ1) is 14.4. The summed E-state index contributed by atoms with van der Waals surface area (Å²) in [7, 11) is 1.64. The lowest BCUT2D eigenvalue weighted by molar-refractivity contribution is -0.116. The fourth-order valence-electron chi connectivity index (χ4n) is 3.11. The van der Waals surface area contributed by atoms with Crippen LogP contribution in [-0.2, 0) is 4.79 Å². The van der Waals surface area contributed by atoms with Gasteiger partial charge in [0, 0.05) is 34.1 Å². The highest BCUT2D eigenvalue weighted by Crippen LogP contribution is 2.46. The van der Waals surface area contributed by atoms with Crippen molar-refractivity contribution in [2.75, 3.05) is 19.2 Å². The van der Waals surface area contributed by atoms with Crippen molar-refractivity contribution in [2.45, 2.75) is 12.3 Å². The molecule has 0 aliphatic carbocycles. The highest BCUT2D eigenvalue weighted by Gasteiger charge is 2.31. The Morgan fingerprint density at radius 2 is 1.96 bits per heavy atom. The molecular weight excluding hydrogens is 362 g/mol. The molecule has 2 aliphatic rings. The van der Waals surface area contributed by atoms with Gasteiger partial charge in [0.2, 0.25) is 12.7 Å². The predicted molar refractivity (Wildman–Crippen MR) is 88.3 cm³/mol. The van der Waals surface area contributed by atoms with Gasteiger partial charge in [-0.2, -0.15) is 0 Å². The zero-order chi connectivity index (χ0) is 16.0. The van der Waals surface area contributed by atoms with E-state index in [1.54, 1.807) is 7.11 Å². The average Bonchev–Trinajstić information content (AvgIpc) is 2.99. The Kier molecular flexibility index (Phi) is 3.41. The van der Waals surface area contributed by atoms with Gasteiger partial charge >= 0.3 is 0 Å². The van der Waals surface area contributed by atoms with E-state index in [0.717, 1.165) is 27.0 Å². The molecular formula is C17H14BrNO4. The van der Waals surface area contributed by atoms with E-state index in [-0.39, 0.29) is 18.6 Å². The number of nitrogens with one attached hydrogen (secondary N) is 1. The minimum atomic E-state index is -0.0966. The Hall–Kier alpha value is -2.21. The molecule has 23 heavy (non-hydrogen) atoms. The predicted octanol–water partition coefficient (Wildman–Crippen LogP) is 3.66. The van der Waals surface area contributed by atoms with Crippen LogP contribution in [0, 0.1) is 0 Å². The number of carbonyl (C=O) groups excluding carboxylic acids is 1. The highest BCUT2D eigenvalue weighted by atomic mass is 79.9. The quantitative estimate of drug-likeness (QED) is 0.869. The summed E-state index contributed by atoms with van der Waals surface area (Å²) < 4.78 is 17.3. The first-order valence-electron chi connectivity index (χ1n) is 7.22. The molecule has 2 aliphatic heterocycles. The highest BCUT2D eigenvalue weighted by molar-refractivity contribution is 9.10. The molecule has 4 rings (SSSR count). The first-order chi connectivity index (χ1) is 11.2. The molecule has 2 aromatic carbocycles. The van der Waals surface area contributed by atoms with Crippen LogP contribution in [0.4, 0.5) is 5.69 Å². The van der Waals surface area contributed by atoms with Crippen LogP contribution in [0.25, 0.3) is 0 Å². The second kappa shape index (κ2) is 5.45. The van der Waals surface area contributed by atoms with Gasteiger partial charge in [0.1, 0.15) is 5.75 Å². The summed E-state index contributed by atoms with van der Waals surface area (Å²) in [5, 5.41) is 2.91. The topological polar surface area (TPSA) is 56.8 Å². The third-order valence-corrected chi connectivity index (χ3v) is 4.64. The van der Waals surface area contributed by atoms with Gasteiger partial charge in [0.05, 0.1) is 7.11 Å². The number of carbonyl (C=O) groups is 1. The molecule has 0 bridgehead atoms. The Labute approximate surface area is 141 Å². The van der Waals surface area contributed by atoms with Crippen LogP contribution in [0.3, 0.4) is 0 Å². The number of ether oxygens (including phenoxy) is 3. The van der Waals surface area contributed by atoms with Crippen LogP contribution in [0.5, 0.6) is 17.2 Å². The van der Waals surface area contributed by atoms with Crippen LogP contribution in [-0.4, -0.2) is 19.8 Å². The number of methoxy groups -OCH3 is 1. The van der Waals surface area contributed by atoms with Crippen molar-refractivity contribution in [1.29, 1.82) is 0 Å². The van der Waals surface area contributed by atoms with Crippen LogP contribution in [0.1, 0.15) is 23.5 Å². The molecule has 1 amide bonds. The summed E-state index contributed by atoms with van der Waals surface area (Å²) in [5.74, 6) is 2.00. The number of rotatable bonds is 2. The zero-order valence-corrected chi connectivity index (χ0v) is 14.0. The number of anilines is 1. The van der Waals surface area contributed by atoms with E-state index < -0.39 is 0 Å². The molecule has 0 saturated carbocycles. The number of hydrogen-bond donors (Lipinski definition) is 1. The van der Waals surface area contributed by atoms with Crippen LogP contribution >= 0.6 is 15.9 Å². The van der Waals surface area contributed by atoms with Gasteiger partial charge in [-0.3, -0.25) is 4.79 Å². The number of fused-ring (bicyclic) bond motifs is 2. The van der Waals surface area contributed by atoms with Crippen molar-refractivity contribution in [3.05, 3.63) is 45.9 Å². The summed E-state index contributed by atoms with van der Waals surface area (Å²) in [6.07, 6.45) is 0.361. The van der Waals surface area contributed by atoms with E-state index in [0.29, 0.717) is 17.9 Å². The average molecular weight is 376 g/mol. The lowest BCUT2D eigenvalue weighted by atomic mass is 9.84. The Bertz CT molecular complexity index is 805. The Morgan fingerprint density at radius 3 is 2.74 bits per heavy atom. The molecule has 0 radical (unpaired) electrons. The minimum absolute atomic E-state index is 0.0246. The second-order valence-electron chi connectivity index (χ2n) is 5.48. The number of benzene rings is 2. The Morgan fingerprint density at radius 1 is 1.17 bits per heavy atom. The summed E-state index contributed by atoms with van der Waals surface area (Å²) in [6.45, 7) is 0.205. The van der Waals surface area contributed by atoms with Crippen molar-refractivity contribution in [1.82, 2.24) is 0 Å². The number of amides is 1. The molecule has 0 saturated heterocycles. The fraction of sp³-hybridized carbons (Fsp3) is 0.235. The smallest absolute Gasteiger partial charge is 0.231 e. The van der Waals surface area contributed by atoms with Gasteiger partial charge in [0.25, 0.3) is 0 Å². The molecule has 5 nitrogen and oxygen atoms in total. The molecule has 2 heterocycles. The standard InChI is InChI=1S/C17H14BrNO4/c1-21-14-3-2-9(18)4-12(14)10-6-17(20)19-13-7-16-15(5-11(10)13)22-8-23-16/h2-5,7,10H,6,8H2,1H3,(H,19,20)/t10-/m0/s1. The molecule has 6 heteroatoms. The second-order valence-corrected chi connectivity index (χ2v) is 6.40. The van der Waals surface area contributed by atoms with Crippen molar-refractivity contribution < 1.29 is 19.0 Å². The summed E-state index contributed by atoms with van der Waals surface area (Å²) >= 11 is 3.50. The van der Waals surface area contributed by atoms with E-state index in [2.05, 4.69) is 21.2 Å². The van der Waals surface area contributed by atoms with Crippen molar-refractivity contribution in [2.24, 2.45) is 0 Å². The molecule has 0 spiro atoms. The Balaban J connectivity index is 1.88. The van der Waals surface area contributed by atoms with Crippen molar-refractivity contribution in [3.63, 3.8) is 0 Å². The normalized spacial score (nSPS) is 18.3. The van der Waals surface area contributed by atoms with Gasteiger partial charge < -0.3 is 19.5 Å². The molecule has 1 atom stereocenters. The van der Waals surface area contributed by atoms with Gasteiger partial charge in [-0.15, -0.1) is 0 Å². The third-order valence-electron chi connectivity index (χ3n) is 4.15. The molecule has 2 aromatic rings. The monoisotopic (exact) mass is 375 g/mol. The van der Waals surface area contributed by atoms with Gasteiger partial charge in [-0.1, -0.05) is 15.9 Å².